The fourth-order valence-electron chi connectivity index (χ4n) is 1.56. The molecule has 4 N–H and O–H groups in total. The van der Waals surface area contributed by atoms with Crippen molar-refractivity contribution >= 4 is 17.3 Å². The highest BCUT2D eigenvalue weighted by Crippen LogP contribution is 2.18. The number of aromatic amines is 1. The molecule has 1 heterocycles. The number of aromatic nitrogens is 1. The van der Waals surface area contributed by atoms with Gasteiger partial charge in [0.2, 0.25) is 0 Å². The summed E-state index contributed by atoms with van der Waals surface area (Å²) in [5.74, 6) is -0.453. The van der Waals surface area contributed by atoms with E-state index < -0.39 is 5.91 Å². The average Bonchev–Trinajstić information content (AvgIpc) is 2.34. The van der Waals surface area contributed by atoms with Crippen LogP contribution in [0.25, 0.3) is 0 Å². The van der Waals surface area contributed by atoms with E-state index in [1.54, 1.807) is 18.2 Å². The Balaban J connectivity index is 2.30. The summed E-state index contributed by atoms with van der Waals surface area (Å²) in [5.41, 5.74) is 7.43. The second-order valence-corrected chi connectivity index (χ2v) is 3.95. The van der Waals surface area contributed by atoms with Gasteiger partial charge in [-0.2, -0.15) is 0 Å². The molecule has 18 heavy (non-hydrogen) atoms. The summed E-state index contributed by atoms with van der Waals surface area (Å²) < 4.78 is 0. The zero-order chi connectivity index (χ0) is 13.1. The third-order valence-electron chi connectivity index (χ3n) is 2.58. The quantitative estimate of drug-likeness (QED) is 0.699. The third-order valence-corrected chi connectivity index (χ3v) is 2.58. The van der Waals surface area contributed by atoms with Crippen LogP contribution in [-0.2, 0) is 0 Å². The monoisotopic (exact) mass is 243 g/mol. The number of hydrogen-bond donors (Lipinski definition) is 3. The molecule has 0 saturated carbocycles. The topological polar surface area (TPSA) is 88.0 Å². The van der Waals surface area contributed by atoms with Crippen LogP contribution in [0.3, 0.4) is 0 Å². The lowest BCUT2D eigenvalue weighted by Crippen LogP contribution is -2.21. The Morgan fingerprint density at radius 2 is 2.11 bits per heavy atom. The average molecular weight is 243 g/mol. The maximum atomic E-state index is 11.9. The number of carbonyl (C=O) groups excluding carboxylic acids is 1. The minimum absolute atomic E-state index is 0.0688. The Morgan fingerprint density at radius 1 is 1.33 bits per heavy atom. The predicted octanol–water partition coefficient (Wildman–Crippen LogP) is 1.52. The first-order valence-corrected chi connectivity index (χ1v) is 5.42. The molecule has 0 aliphatic rings. The molecular weight excluding hydrogens is 230 g/mol. The normalized spacial score (nSPS) is 10.1. The van der Waals surface area contributed by atoms with Crippen LogP contribution in [0.5, 0.6) is 0 Å². The molecular formula is C13H13N3O2. The first-order valence-electron chi connectivity index (χ1n) is 5.42. The summed E-state index contributed by atoms with van der Waals surface area (Å²) in [6.07, 6.45) is 2.85. The molecule has 5 nitrogen and oxygen atoms in total. The van der Waals surface area contributed by atoms with Crippen molar-refractivity contribution in [2.45, 2.75) is 6.92 Å². The van der Waals surface area contributed by atoms with Crippen molar-refractivity contribution in [3.05, 3.63) is 58.0 Å². The summed E-state index contributed by atoms with van der Waals surface area (Å²) >= 11 is 0. The van der Waals surface area contributed by atoms with Crippen LogP contribution in [0.1, 0.15) is 15.9 Å². The molecule has 1 aromatic heterocycles. The zero-order valence-corrected chi connectivity index (χ0v) is 9.86. The molecule has 0 atom stereocenters. The summed E-state index contributed by atoms with van der Waals surface area (Å²) in [7, 11) is 0. The van der Waals surface area contributed by atoms with Gasteiger partial charge < -0.3 is 16.0 Å². The molecule has 92 valence electrons. The van der Waals surface area contributed by atoms with Gasteiger partial charge in [0.25, 0.3) is 5.91 Å². The van der Waals surface area contributed by atoms with Crippen LogP contribution >= 0.6 is 0 Å². The Hall–Kier alpha value is -2.56. The minimum atomic E-state index is -0.453. The fourth-order valence-corrected chi connectivity index (χ4v) is 1.56. The van der Waals surface area contributed by atoms with Gasteiger partial charge >= 0.3 is 0 Å². The number of rotatable bonds is 2. The first-order chi connectivity index (χ1) is 8.58. The minimum Gasteiger partial charge on any atom is -0.399 e. The molecule has 0 radical (unpaired) electrons. The van der Waals surface area contributed by atoms with Crippen LogP contribution in [0.15, 0.2) is 41.5 Å². The van der Waals surface area contributed by atoms with Crippen molar-refractivity contribution in [3.8, 4) is 0 Å². The van der Waals surface area contributed by atoms with Gasteiger partial charge in [-0.25, -0.2) is 0 Å². The zero-order valence-electron chi connectivity index (χ0n) is 9.86. The molecule has 0 aliphatic carbocycles. The van der Waals surface area contributed by atoms with E-state index in [4.69, 9.17) is 5.73 Å². The molecule has 2 rings (SSSR count). The number of H-pyrrole nitrogens is 1. The van der Waals surface area contributed by atoms with E-state index >= 15 is 0 Å². The number of nitrogens with one attached hydrogen (secondary N) is 2. The van der Waals surface area contributed by atoms with Gasteiger partial charge in [0.1, 0.15) is 5.56 Å². The molecule has 5 heteroatoms. The Bertz CT molecular complexity index is 647. The molecule has 0 unspecified atom stereocenters. The Morgan fingerprint density at radius 3 is 2.83 bits per heavy atom. The molecule has 0 spiro atoms. The Kier molecular flexibility index (Phi) is 3.14. The summed E-state index contributed by atoms with van der Waals surface area (Å²) in [6.45, 7) is 1.85. The van der Waals surface area contributed by atoms with Crippen molar-refractivity contribution in [1.29, 1.82) is 0 Å². The van der Waals surface area contributed by atoms with Crippen LogP contribution in [-0.4, -0.2) is 10.9 Å². The smallest absolute Gasteiger partial charge is 0.261 e. The van der Waals surface area contributed by atoms with E-state index in [0.29, 0.717) is 11.4 Å². The van der Waals surface area contributed by atoms with Gasteiger partial charge in [-0.15, -0.1) is 0 Å². The molecule has 0 aliphatic heterocycles. The first kappa shape index (κ1) is 11.9. The summed E-state index contributed by atoms with van der Waals surface area (Å²) in [6, 6.07) is 6.52. The molecule has 2 aromatic rings. The highest BCUT2D eigenvalue weighted by atomic mass is 16.2. The fraction of sp³-hybridized carbons (Fsp3) is 0.0769. The van der Waals surface area contributed by atoms with Gasteiger partial charge in [-0.3, -0.25) is 9.59 Å². The van der Waals surface area contributed by atoms with Crippen molar-refractivity contribution in [1.82, 2.24) is 4.98 Å². The molecule has 1 aromatic carbocycles. The van der Waals surface area contributed by atoms with E-state index in [9.17, 15) is 9.59 Å². The number of aryl methyl sites for hydroxylation is 1. The molecule has 1 amide bonds. The van der Waals surface area contributed by atoms with Crippen LogP contribution in [0.4, 0.5) is 11.4 Å². The van der Waals surface area contributed by atoms with Gasteiger partial charge in [0, 0.05) is 29.8 Å². The number of pyridine rings is 1. The van der Waals surface area contributed by atoms with Crippen molar-refractivity contribution in [2.75, 3.05) is 11.1 Å². The summed E-state index contributed by atoms with van der Waals surface area (Å²) in [5, 5.41) is 2.67. The number of anilines is 2. The van der Waals surface area contributed by atoms with Crippen molar-refractivity contribution in [2.24, 2.45) is 0 Å². The number of nitrogens with two attached hydrogens (primary N) is 1. The number of amides is 1. The van der Waals surface area contributed by atoms with Gasteiger partial charge in [0.15, 0.2) is 5.43 Å². The lowest BCUT2D eigenvalue weighted by atomic mass is 10.1. The van der Waals surface area contributed by atoms with E-state index in [-0.39, 0.29) is 11.0 Å². The van der Waals surface area contributed by atoms with Crippen LogP contribution in [0, 0.1) is 6.92 Å². The number of carbonyl (C=O) groups is 1. The highest BCUT2D eigenvalue weighted by molar-refractivity contribution is 6.04. The lowest BCUT2D eigenvalue weighted by Gasteiger charge is -2.08. The maximum absolute atomic E-state index is 11.9. The van der Waals surface area contributed by atoms with E-state index in [0.717, 1.165) is 5.56 Å². The van der Waals surface area contributed by atoms with E-state index in [2.05, 4.69) is 10.3 Å². The van der Waals surface area contributed by atoms with E-state index in [1.807, 2.05) is 6.92 Å². The number of nitrogen functional groups attached to an aromatic ring is 1. The van der Waals surface area contributed by atoms with Crippen LogP contribution in [0.2, 0.25) is 0 Å². The third kappa shape index (κ3) is 2.40. The summed E-state index contributed by atoms with van der Waals surface area (Å²) in [4.78, 5) is 26.1. The molecule has 0 fully saturated rings. The maximum Gasteiger partial charge on any atom is 0.261 e. The SMILES string of the molecule is Cc1ccc(N)cc1NC(=O)c1c[nH]ccc1=O. The second kappa shape index (κ2) is 4.75. The van der Waals surface area contributed by atoms with Crippen molar-refractivity contribution < 1.29 is 4.79 Å². The largest absolute Gasteiger partial charge is 0.399 e. The molecule has 0 saturated heterocycles. The predicted molar refractivity (Wildman–Crippen MR) is 70.6 cm³/mol. The van der Waals surface area contributed by atoms with Gasteiger partial charge in [-0.1, -0.05) is 6.07 Å². The Labute approximate surface area is 104 Å². The van der Waals surface area contributed by atoms with Crippen LogP contribution < -0.4 is 16.5 Å². The standard InChI is InChI=1S/C13H13N3O2/c1-8-2-3-9(14)6-11(8)16-13(18)10-7-15-5-4-12(10)17/h2-7H,14H2,1H3,(H,15,17)(H,16,18). The van der Waals surface area contributed by atoms with Gasteiger partial charge in [-0.05, 0) is 24.6 Å². The molecule has 0 bridgehead atoms. The highest BCUT2D eigenvalue weighted by Gasteiger charge is 2.10. The van der Waals surface area contributed by atoms with E-state index in [1.165, 1.54) is 18.5 Å². The number of hydrogen-bond acceptors (Lipinski definition) is 3. The second-order valence-electron chi connectivity index (χ2n) is 3.95. The number of benzene rings is 1. The van der Waals surface area contributed by atoms with Crippen molar-refractivity contribution in [3.63, 3.8) is 0 Å². The van der Waals surface area contributed by atoms with Gasteiger partial charge in [0.05, 0.1) is 0 Å². The lowest BCUT2D eigenvalue weighted by molar-refractivity contribution is 0.102.